The zero-order valence-electron chi connectivity index (χ0n) is 14.9. The van der Waals surface area contributed by atoms with Gasteiger partial charge in [0.25, 0.3) is 0 Å². The van der Waals surface area contributed by atoms with E-state index in [4.69, 9.17) is 9.47 Å². The van der Waals surface area contributed by atoms with Crippen LogP contribution < -0.4 is 27.2 Å². The SMILES string of the molecule is COc1ccc(OC)c(NCC[N+](C)(C)Cc2ccccc2)c1.[Cl-]. The summed E-state index contributed by atoms with van der Waals surface area (Å²) >= 11 is 0. The van der Waals surface area contributed by atoms with Gasteiger partial charge in [0.15, 0.2) is 0 Å². The molecule has 0 amide bonds. The van der Waals surface area contributed by atoms with Crippen LogP contribution in [0.15, 0.2) is 48.5 Å². The summed E-state index contributed by atoms with van der Waals surface area (Å²) in [5.41, 5.74) is 2.32. The van der Waals surface area contributed by atoms with Gasteiger partial charge in [0, 0.05) is 11.6 Å². The molecule has 0 saturated heterocycles. The maximum absolute atomic E-state index is 5.40. The lowest BCUT2D eigenvalue weighted by Crippen LogP contribution is -3.00. The summed E-state index contributed by atoms with van der Waals surface area (Å²) in [6, 6.07) is 16.4. The van der Waals surface area contributed by atoms with Crippen molar-refractivity contribution >= 4 is 5.69 Å². The van der Waals surface area contributed by atoms with Crippen molar-refractivity contribution in [3.05, 3.63) is 54.1 Å². The van der Waals surface area contributed by atoms with Gasteiger partial charge in [0.2, 0.25) is 0 Å². The molecule has 4 nitrogen and oxygen atoms in total. The number of hydrogen-bond acceptors (Lipinski definition) is 3. The minimum atomic E-state index is 0. The molecule has 0 saturated carbocycles. The standard InChI is InChI=1S/C19H27N2O2.ClH/c1-21(2,15-16-8-6-5-7-9-16)13-12-20-18-14-17(22-3)10-11-19(18)23-4;/h5-11,14,20H,12-13,15H2,1-4H3;1H/q+1;/p-1. The van der Waals surface area contributed by atoms with Crippen molar-refractivity contribution in [1.82, 2.24) is 0 Å². The van der Waals surface area contributed by atoms with Crippen LogP contribution in [-0.4, -0.2) is 45.9 Å². The number of hydrogen-bond donors (Lipinski definition) is 1. The first-order valence-corrected chi connectivity index (χ1v) is 7.86. The normalized spacial score (nSPS) is 10.7. The average molecular weight is 351 g/mol. The number of methoxy groups -OCH3 is 2. The fourth-order valence-electron chi connectivity index (χ4n) is 2.60. The smallest absolute Gasteiger partial charge is 0.142 e. The first-order chi connectivity index (χ1) is 11.0. The van der Waals surface area contributed by atoms with E-state index in [-0.39, 0.29) is 12.4 Å². The van der Waals surface area contributed by atoms with E-state index < -0.39 is 0 Å². The summed E-state index contributed by atoms with van der Waals surface area (Å²) in [6.07, 6.45) is 0. The van der Waals surface area contributed by atoms with E-state index in [1.165, 1.54) is 5.56 Å². The van der Waals surface area contributed by atoms with Crippen molar-refractivity contribution in [1.29, 1.82) is 0 Å². The van der Waals surface area contributed by atoms with Crippen molar-refractivity contribution in [2.24, 2.45) is 0 Å². The molecule has 5 heteroatoms. The molecule has 0 bridgehead atoms. The van der Waals surface area contributed by atoms with E-state index >= 15 is 0 Å². The second-order valence-corrected chi connectivity index (χ2v) is 6.30. The molecule has 0 aliphatic heterocycles. The molecular weight excluding hydrogens is 324 g/mol. The zero-order chi connectivity index (χ0) is 16.7. The topological polar surface area (TPSA) is 30.5 Å². The van der Waals surface area contributed by atoms with Crippen LogP contribution in [0, 0.1) is 0 Å². The molecule has 0 heterocycles. The molecule has 0 unspecified atom stereocenters. The fourth-order valence-corrected chi connectivity index (χ4v) is 2.60. The van der Waals surface area contributed by atoms with Crippen LogP contribution in [0.3, 0.4) is 0 Å². The molecule has 0 aliphatic rings. The maximum Gasteiger partial charge on any atom is 0.142 e. The van der Waals surface area contributed by atoms with E-state index in [2.05, 4.69) is 49.7 Å². The Bertz CT molecular complexity index is 618. The van der Waals surface area contributed by atoms with Crippen LogP contribution in [0.2, 0.25) is 0 Å². The molecular formula is C19H27ClN2O2. The molecule has 24 heavy (non-hydrogen) atoms. The van der Waals surface area contributed by atoms with Crippen LogP contribution in [0.5, 0.6) is 11.5 Å². The van der Waals surface area contributed by atoms with Crippen molar-refractivity contribution in [2.45, 2.75) is 6.54 Å². The number of nitrogens with one attached hydrogen (secondary N) is 1. The van der Waals surface area contributed by atoms with Crippen molar-refractivity contribution in [2.75, 3.05) is 46.7 Å². The Morgan fingerprint density at radius 3 is 2.29 bits per heavy atom. The number of rotatable bonds is 8. The number of likely N-dealkylation sites (N-methyl/N-ethyl adjacent to an activating group) is 1. The van der Waals surface area contributed by atoms with Gasteiger partial charge in [-0.05, 0) is 12.1 Å². The number of quaternary nitrogens is 1. The molecule has 0 atom stereocenters. The van der Waals surface area contributed by atoms with Crippen molar-refractivity contribution < 1.29 is 26.4 Å². The predicted molar refractivity (Wildman–Crippen MR) is 95.2 cm³/mol. The third-order valence-electron chi connectivity index (χ3n) is 3.89. The Hall–Kier alpha value is -1.91. The second-order valence-electron chi connectivity index (χ2n) is 6.30. The van der Waals surface area contributed by atoms with E-state index in [9.17, 15) is 0 Å². The molecule has 2 rings (SSSR count). The van der Waals surface area contributed by atoms with Crippen LogP contribution in [0.1, 0.15) is 5.56 Å². The summed E-state index contributed by atoms with van der Waals surface area (Å²) in [5, 5.41) is 3.46. The summed E-state index contributed by atoms with van der Waals surface area (Å²) in [4.78, 5) is 0. The Kier molecular flexibility index (Phi) is 7.89. The third-order valence-corrected chi connectivity index (χ3v) is 3.89. The molecule has 132 valence electrons. The van der Waals surface area contributed by atoms with Crippen molar-refractivity contribution in [3.63, 3.8) is 0 Å². The first kappa shape index (κ1) is 20.1. The van der Waals surface area contributed by atoms with Gasteiger partial charge in [0.05, 0.1) is 47.1 Å². The second kappa shape index (κ2) is 9.40. The molecule has 1 N–H and O–H groups in total. The number of halogens is 1. The number of benzene rings is 2. The minimum absolute atomic E-state index is 0. The van der Waals surface area contributed by atoms with Gasteiger partial charge in [0.1, 0.15) is 18.0 Å². The van der Waals surface area contributed by atoms with E-state index in [1.54, 1.807) is 14.2 Å². The van der Waals surface area contributed by atoms with E-state index in [0.29, 0.717) is 0 Å². The number of ether oxygens (including phenoxy) is 2. The Labute approximate surface area is 151 Å². The predicted octanol–water partition coefficient (Wildman–Crippen LogP) is 0.396. The molecule has 0 aromatic heterocycles. The van der Waals surface area contributed by atoms with Gasteiger partial charge in [-0.25, -0.2) is 0 Å². The van der Waals surface area contributed by atoms with Gasteiger partial charge in [-0.15, -0.1) is 0 Å². The lowest BCUT2D eigenvalue weighted by Gasteiger charge is -2.30. The highest BCUT2D eigenvalue weighted by atomic mass is 35.5. The Morgan fingerprint density at radius 2 is 1.67 bits per heavy atom. The highest BCUT2D eigenvalue weighted by Crippen LogP contribution is 2.28. The highest BCUT2D eigenvalue weighted by Gasteiger charge is 2.15. The Balaban J connectivity index is 0.00000288. The minimum Gasteiger partial charge on any atom is -1.00 e. The van der Waals surface area contributed by atoms with Crippen molar-refractivity contribution in [3.8, 4) is 11.5 Å². The summed E-state index contributed by atoms with van der Waals surface area (Å²) in [7, 11) is 7.85. The summed E-state index contributed by atoms with van der Waals surface area (Å²) in [5.74, 6) is 1.66. The zero-order valence-corrected chi connectivity index (χ0v) is 15.6. The van der Waals surface area contributed by atoms with Gasteiger partial charge in [-0.2, -0.15) is 0 Å². The van der Waals surface area contributed by atoms with Gasteiger partial charge >= 0.3 is 0 Å². The first-order valence-electron chi connectivity index (χ1n) is 7.86. The van der Waals surface area contributed by atoms with Gasteiger partial charge in [-0.3, -0.25) is 0 Å². The van der Waals surface area contributed by atoms with Gasteiger partial charge < -0.3 is 31.7 Å². The fraction of sp³-hybridized carbons (Fsp3) is 0.368. The third kappa shape index (κ3) is 5.95. The summed E-state index contributed by atoms with van der Waals surface area (Å²) in [6.45, 7) is 2.89. The largest absolute Gasteiger partial charge is 1.00 e. The molecule has 2 aromatic carbocycles. The lowest BCUT2D eigenvalue weighted by molar-refractivity contribution is -0.902. The molecule has 0 aliphatic carbocycles. The van der Waals surface area contributed by atoms with Crippen LogP contribution in [0.25, 0.3) is 0 Å². The molecule has 0 spiro atoms. The molecule has 2 aromatic rings. The average Bonchev–Trinajstić information content (AvgIpc) is 2.55. The molecule has 0 radical (unpaired) electrons. The monoisotopic (exact) mass is 350 g/mol. The lowest BCUT2D eigenvalue weighted by atomic mass is 10.2. The number of nitrogens with zero attached hydrogens (tertiary/aromatic N) is 1. The van der Waals surface area contributed by atoms with Crippen LogP contribution >= 0.6 is 0 Å². The summed E-state index contributed by atoms with van der Waals surface area (Å²) < 4.78 is 11.6. The maximum atomic E-state index is 5.40. The molecule has 0 fully saturated rings. The number of anilines is 1. The van der Waals surface area contributed by atoms with Gasteiger partial charge in [-0.1, -0.05) is 30.3 Å². The van der Waals surface area contributed by atoms with E-state index in [0.717, 1.165) is 41.3 Å². The van der Waals surface area contributed by atoms with Crippen LogP contribution in [-0.2, 0) is 6.54 Å². The Morgan fingerprint density at radius 1 is 0.958 bits per heavy atom. The quantitative estimate of drug-likeness (QED) is 0.699. The highest BCUT2D eigenvalue weighted by molar-refractivity contribution is 5.59. The van der Waals surface area contributed by atoms with Crippen LogP contribution in [0.4, 0.5) is 5.69 Å². The van der Waals surface area contributed by atoms with E-state index in [1.807, 2.05) is 18.2 Å².